The Kier molecular flexibility index (Phi) is 5.59. The van der Waals surface area contributed by atoms with Crippen LogP contribution in [0.4, 0.5) is 0 Å². The van der Waals surface area contributed by atoms with Crippen LogP contribution in [0.5, 0.6) is 0 Å². The van der Waals surface area contributed by atoms with Gasteiger partial charge in [-0.05, 0) is 50.1 Å². The fourth-order valence-corrected chi connectivity index (χ4v) is 4.80. The maximum atomic E-state index is 12.7. The molecule has 2 fully saturated rings. The summed E-state index contributed by atoms with van der Waals surface area (Å²) in [5, 5.41) is 0.544. The van der Waals surface area contributed by atoms with Crippen LogP contribution in [0.25, 0.3) is 0 Å². The second-order valence-corrected chi connectivity index (χ2v) is 8.52. The van der Waals surface area contributed by atoms with Crippen molar-refractivity contribution >= 4 is 21.6 Å². The number of hydrogen-bond acceptors (Lipinski definition) is 4. The van der Waals surface area contributed by atoms with E-state index >= 15 is 0 Å². The highest BCUT2D eigenvalue weighted by molar-refractivity contribution is 7.89. The molecule has 1 aromatic rings. The van der Waals surface area contributed by atoms with Gasteiger partial charge >= 0.3 is 0 Å². The standard InChI is InChI=1S/C16H23ClN2O3S/c17-14-4-6-16(7-5-14)23(20,21)19-9-2-8-18(10-11-19)13-15-3-1-12-22-15/h4-7,15H,1-3,8-13H2. The van der Waals surface area contributed by atoms with Crippen LogP contribution >= 0.6 is 11.6 Å². The number of nitrogens with zero attached hydrogens (tertiary/aromatic N) is 2. The van der Waals surface area contributed by atoms with E-state index in [1.165, 1.54) is 0 Å². The van der Waals surface area contributed by atoms with Gasteiger partial charge in [0, 0.05) is 37.8 Å². The third kappa shape index (κ3) is 4.25. The van der Waals surface area contributed by atoms with E-state index in [2.05, 4.69) is 4.90 Å². The first kappa shape index (κ1) is 17.2. The minimum atomic E-state index is -3.44. The zero-order chi connectivity index (χ0) is 16.3. The van der Waals surface area contributed by atoms with E-state index in [0.717, 1.165) is 45.5 Å². The lowest BCUT2D eigenvalue weighted by Gasteiger charge is -2.23. The average molecular weight is 359 g/mol. The topological polar surface area (TPSA) is 49.9 Å². The first-order valence-electron chi connectivity index (χ1n) is 8.15. The molecule has 3 rings (SSSR count). The van der Waals surface area contributed by atoms with Gasteiger partial charge in [0.1, 0.15) is 0 Å². The van der Waals surface area contributed by atoms with Crippen molar-refractivity contribution in [1.29, 1.82) is 0 Å². The van der Waals surface area contributed by atoms with Crippen LogP contribution in [0.15, 0.2) is 29.2 Å². The highest BCUT2D eigenvalue weighted by Gasteiger charge is 2.28. The Labute approximate surface area is 143 Å². The molecule has 2 aliphatic rings. The molecule has 0 aliphatic carbocycles. The van der Waals surface area contributed by atoms with Crippen LogP contribution in [0.2, 0.25) is 5.02 Å². The molecule has 128 valence electrons. The van der Waals surface area contributed by atoms with Crippen molar-refractivity contribution in [3.8, 4) is 0 Å². The number of sulfonamides is 1. The van der Waals surface area contributed by atoms with Crippen molar-refractivity contribution < 1.29 is 13.2 Å². The van der Waals surface area contributed by atoms with Crippen LogP contribution in [0.3, 0.4) is 0 Å². The molecular formula is C16H23ClN2O3S. The van der Waals surface area contributed by atoms with E-state index < -0.39 is 10.0 Å². The maximum Gasteiger partial charge on any atom is 0.243 e. The Balaban J connectivity index is 1.63. The minimum absolute atomic E-state index is 0.314. The zero-order valence-corrected chi connectivity index (χ0v) is 14.7. The van der Waals surface area contributed by atoms with Gasteiger partial charge in [-0.25, -0.2) is 8.42 Å². The fourth-order valence-electron chi connectivity index (χ4n) is 3.20. The summed E-state index contributed by atoms with van der Waals surface area (Å²) in [6, 6.07) is 6.39. The second-order valence-electron chi connectivity index (χ2n) is 6.15. The van der Waals surface area contributed by atoms with Gasteiger partial charge in [0.05, 0.1) is 11.0 Å². The van der Waals surface area contributed by atoms with Gasteiger partial charge in [-0.3, -0.25) is 4.90 Å². The lowest BCUT2D eigenvalue weighted by molar-refractivity contribution is 0.0749. The van der Waals surface area contributed by atoms with Gasteiger partial charge in [-0.2, -0.15) is 4.31 Å². The monoisotopic (exact) mass is 358 g/mol. The van der Waals surface area contributed by atoms with Crippen molar-refractivity contribution in [2.45, 2.75) is 30.3 Å². The first-order valence-corrected chi connectivity index (χ1v) is 9.97. The molecule has 2 heterocycles. The van der Waals surface area contributed by atoms with E-state index in [1.807, 2.05) is 0 Å². The van der Waals surface area contributed by atoms with E-state index in [-0.39, 0.29) is 0 Å². The van der Waals surface area contributed by atoms with Crippen LogP contribution in [-0.4, -0.2) is 63.1 Å². The summed E-state index contributed by atoms with van der Waals surface area (Å²) >= 11 is 5.85. The van der Waals surface area contributed by atoms with E-state index in [1.54, 1.807) is 28.6 Å². The summed E-state index contributed by atoms with van der Waals surface area (Å²) in [5.41, 5.74) is 0. The molecule has 5 nitrogen and oxygen atoms in total. The van der Waals surface area contributed by atoms with E-state index in [9.17, 15) is 8.42 Å². The third-order valence-corrected chi connectivity index (χ3v) is 6.65. The Morgan fingerprint density at radius 1 is 1.09 bits per heavy atom. The van der Waals surface area contributed by atoms with Crippen molar-refractivity contribution in [1.82, 2.24) is 9.21 Å². The third-order valence-electron chi connectivity index (χ3n) is 4.48. The minimum Gasteiger partial charge on any atom is -0.377 e. The van der Waals surface area contributed by atoms with E-state index in [4.69, 9.17) is 16.3 Å². The molecule has 2 saturated heterocycles. The number of benzene rings is 1. The van der Waals surface area contributed by atoms with Crippen molar-refractivity contribution in [3.05, 3.63) is 29.3 Å². The molecule has 0 bridgehead atoms. The van der Waals surface area contributed by atoms with E-state index in [0.29, 0.717) is 29.1 Å². The maximum absolute atomic E-state index is 12.7. The summed E-state index contributed by atoms with van der Waals surface area (Å²) < 4.78 is 32.8. The molecule has 0 amide bonds. The second kappa shape index (κ2) is 7.49. The van der Waals surface area contributed by atoms with Crippen molar-refractivity contribution in [2.75, 3.05) is 39.3 Å². The van der Waals surface area contributed by atoms with Gasteiger partial charge in [-0.1, -0.05) is 11.6 Å². The van der Waals surface area contributed by atoms with Crippen LogP contribution in [0.1, 0.15) is 19.3 Å². The molecule has 23 heavy (non-hydrogen) atoms. The van der Waals surface area contributed by atoms with Gasteiger partial charge in [0.25, 0.3) is 0 Å². The summed E-state index contributed by atoms with van der Waals surface area (Å²) in [6.45, 7) is 4.54. The fraction of sp³-hybridized carbons (Fsp3) is 0.625. The molecule has 2 aliphatic heterocycles. The SMILES string of the molecule is O=S(=O)(c1ccc(Cl)cc1)N1CCCN(CC2CCCO2)CC1. The Morgan fingerprint density at radius 2 is 1.87 bits per heavy atom. The Bertz CT molecular complexity index is 615. The lowest BCUT2D eigenvalue weighted by atomic mass is 10.2. The van der Waals surface area contributed by atoms with Gasteiger partial charge in [0.15, 0.2) is 0 Å². The number of halogens is 1. The van der Waals surface area contributed by atoms with Crippen LogP contribution in [-0.2, 0) is 14.8 Å². The largest absolute Gasteiger partial charge is 0.377 e. The van der Waals surface area contributed by atoms with Gasteiger partial charge < -0.3 is 4.74 Å². The van der Waals surface area contributed by atoms with Gasteiger partial charge in [-0.15, -0.1) is 0 Å². The van der Waals surface area contributed by atoms with Gasteiger partial charge in [0.2, 0.25) is 10.0 Å². The van der Waals surface area contributed by atoms with Crippen molar-refractivity contribution in [2.24, 2.45) is 0 Å². The Hall–Kier alpha value is -0.660. The number of ether oxygens (including phenoxy) is 1. The predicted molar refractivity (Wildman–Crippen MR) is 90.2 cm³/mol. The quantitative estimate of drug-likeness (QED) is 0.828. The normalized spacial score (nSPS) is 24.7. The summed E-state index contributed by atoms with van der Waals surface area (Å²) in [5.74, 6) is 0. The number of hydrogen-bond donors (Lipinski definition) is 0. The lowest BCUT2D eigenvalue weighted by Crippen LogP contribution is -2.37. The molecule has 0 saturated carbocycles. The van der Waals surface area contributed by atoms with Crippen molar-refractivity contribution in [3.63, 3.8) is 0 Å². The molecule has 0 aromatic heterocycles. The predicted octanol–water partition coefficient (Wildman–Crippen LogP) is 2.22. The zero-order valence-electron chi connectivity index (χ0n) is 13.2. The summed E-state index contributed by atoms with van der Waals surface area (Å²) in [4.78, 5) is 2.64. The molecule has 0 spiro atoms. The summed E-state index contributed by atoms with van der Waals surface area (Å²) in [7, 11) is -3.44. The number of rotatable bonds is 4. The average Bonchev–Trinajstić information content (AvgIpc) is 2.91. The molecule has 1 atom stereocenters. The van der Waals surface area contributed by atoms with Crippen LogP contribution in [0, 0.1) is 0 Å². The molecular weight excluding hydrogens is 336 g/mol. The molecule has 1 aromatic carbocycles. The summed E-state index contributed by atoms with van der Waals surface area (Å²) in [6.07, 6.45) is 3.41. The first-order chi connectivity index (χ1) is 11.1. The molecule has 7 heteroatoms. The van der Waals surface area contributed by atoms with Crippen LogP contribution < -0.4 is 0 Å². The Morgan fingerprint density at radius 3 is 2.57 bits per heavy atom. The highest BCUT2D eigenvalue weighted by atomic mass is 35.5. The molecule has 1 unspecified atom stereocenters. The molecule has 0 N–H and O–H groups in total. The smallest absolute Gasteiger partial charge is 0.243 e. The highest BCUT2D eigenvalue weighted by Crippen LogP contribution is 2.21. The molecule has 0 radical (unpaired) electrons.